The first-order valence-electron chi connectivity index (χ1n) is 10.7. The Balaban J connectivity index is 1.40. The molecule has 2 aromatic carbocycles. The standard InChI is InChI=1S/C23H22F2O7S/c24-23(25,33(28,29)30)20(27)32-22-11-14-7-15(12-22)10-21(9-14,13-22)19(26)31-18-6-5-16-3-1-2-4-17(16)8-18/h1-6,8,14-15H,7,9-13H2,(H,28,29,30). The van der Waals surface area contributed by atoms with Crippen LogP contribution in [0.3, 0.4) is 0 Å². The van der Waals surface area contributed by atoms with Crippen LogP contribution in [0.2, 0.25) is 0 Å². The van der Waals surface area contributed by atoms with Gasteiger partial charge in [-0.15, -0.1) is 0 Å². The van der Waals surface area contributed by atoms with Crippen LogP contribution < -0.4 is 4.74 Å². The van der Waals surface area contributed by atoms with Crippen molar-refractivity contribution >= 4 is 32.8 Å². The van der Waals surface area contributed by atoms with Crippen LogP contribution in [0.15, 0.2) is 42.5 Å². The van der Waals surface area contributed by atoms with Crippen molar-refractivity contribution in [3.8, 4) is 5.75 Å². The van der Waals surface area contributed by atoms with Crippen molar-refractivity contribution < 1.29 is 40.8 Å². The van der Waals surface area contributed by atoms with Gasteiger partial charge in [-0.25, -0.2) is 4.79 Å². The Hall–Kier alpha value is -2.59. The molecule has 0 radical (unpaired) electrons. The molecule has 0 saturated heterocycles. The smallest absolute Gasteiger partial charge is 0.454 e. The van der Waals surface area contributed by atoms with E-state index in [1.54, 1.807) is 12.1 Å². The molecular weight excluding hydrogens is 458 g/mol. The number of alkyl halides is 2. The normalized spacial score (nSPS) is 30.9. The highest BCUT2D eigenvalue weighted by Crippen LogP contribution is 2.63. The second-order valence-electron chi connectivity index (χ2n) is 9.70. The average Bonchev–Trinajstić information content (AvgIpc) is 2.71. The predicted octanol–water partition coefficient (Wildman–Crippen LogP) is 4.11. The maximum atomic E-state index is 13.9. The third-order valence-electron chi connectivity index (χ3n) is 7.24. The molecule has 0 spiro atoms. The molecule has 33 heavy (non-hydrogen) atoms. The van der Waals surface area contributed by atoms with Crippen LogP contribution in [0.1, 0.15) is 38.5 Å². The van der Waals surface area contributed by atoms with Gasteiger partial charge in [-0.3, -0.25) is 9.35 Å². The highest BCUT2D eigenvalue weighted by atomic mass is 32.2. The van der Waals surface area contributed by atoms with Crippen molar-refractivity contribution in [2.75, 3.05) is 0 Å². The molecule has 2 unspecified atom stereocenters. The molecule has 4 bridgehead atoms. The van der Waals surface area contributed by atoms with Crippen LogP contribution in [0.5, 0.6) is 5.75 Å². The highest BCUT2D eigenvalue weighted by molar-refractivity contribution is 7.87. The summed E-state index contributed by atoms with van der Waals surface area (Å²) in [5.41, 5.74) is -2.40. The van der Waals surface area contributed by atoms with Gasteiger partial charge in [0.15, 0.2) is 0 Å². The van der Waals surface area contributed by atoms with Crippen LogP contribution in [-0.4, -0.2) is 35.8 Å². The molecule has 10 heteroatoms. The van der Waals surface area contributed by atoms with E-state index in [0.29, 0.717) is 18.6 Å². The molecule has 1 N–H and O–H groups in total. The van der Waals surface area contributed by atoms with E-state index in [1.165, 1.54) is 0 Å². The van der Waals surface area contributed by atoms with Gasteiger partial charge in [0.25, 0.3) is 0 Å². The number of benzene rings is 2. The van der Waals surface area contributed by atoms with Gasteiger partial charge in [0.1, 0.15) is 11.4 Å². The number of fused-ring (bicyclic) bond motifs is 1. The summed E-state index contributed by atoms with van der Waals surface area (Å²) >= 11 is 0. The van der Waals surface area contributed by atoms with Crippen molar-refractivity contribution in [3.63, 3.8) is 0 Å². The van der Waals surface area contributed by atoms with E-state index in [-0.39, 0.29) is 31.1 Å². The van der Waals surface area contributed by atoms with Gasteiger partial charge in [0, 0.05) is 6.42 Å². The predicted molar refractivity (Wildman–Crippen MR) is 112 cm³/mol. The van der Waals surface area contributed by atoms with Gasteiger partial charge in [0.2, 0.25) is 0 Å². The Morgan fingerprint density at radius 2 is 1.64 bits per heavy atom. The Labute approximate surface area is 188 Å². The van der Waals surface area contributed by atoms with E-state index in [2.05, 4.69) is 0 Å². The monoisotopic (exact) mass is 480 g/mol. The molecule has 4 saturated carbocycles. The maximum Gasteiger partial charge on any atom is 0.465 e. The molecule has 4 aliphatic rings. The summed E-state index contributed by atoms with van der Waals surface area (Å²) in [6.07, 6.45) is 2.27. The minimum atomic E-state index is -5.97. The fourth-order valence-corrected chi connectivity index (χ4v) is 6.60. The van der Waals surface area contributed by atoms with Gasteiger partial charge < -0.3 is 9.47 Å². The largest absolute Gasteiger partial charge is 0.465 e. The first-order valence-corrected chi connectivity index (χ1v) is 12.1. The lowest BCUT2D eigenvalue weighted by Crippen LogP contribution is -2.61. The molecule has 0 aliphatic heterocycles. The molecule has 0 aromatic heterocycles. The van der Waals surface area contributed by atoms with Crippen molar-refractivity contribution in [2.45, 2.75) is 49.4 Å². The van der Waals surface area contributed by atoms with E-state index >= 15 is 0 Å². The Morgan fingerprint density at radius 1 is 1.00 bits per heavy atom. The molecule has 4 aliphatic carbocycles. The first kappa shape index (κ1) is 22.2. The molecule has 7 nitrogen and oxygen atoms in total. The zero-order valence-electron chi connectivity index (χ0n) is 17.5. The Kier molecular flexibility index (Phi) is 4.85. The van der Waals surface area contributed by atoms with Crippen molar-refractivity contribution in [1.29, 1.82) is 0 Å². The number of halogens is 2. The van der Waals surface area contributed by atoms with Gasteiger partial charge in [-0.2, -0.15) is 17.2 Å². The summed E-state index contributed by atoms with van der Waals surface area (Å²) in [6.45, 7) is 0. The van der Waals surface area contributed by atoms with E-state index in [9.17, 15) is 26.8 Å². The van der Waals surface area contributed by atoms with E-state index in [1.807, 2.05) is 30.3 Å². The van der Waals surface area contributed by atoms with E-state index in [4.69, 9.17) is 14.0 Å². The first-order chi connectivity index (χ1) is 15.4. The summed E-state index contributed by atoms with van der Waals surface area (Å²) < 4.78 is 69.3. The molecule has 0 heterocycles. The number of esters is 2. The Morgan fingerprint density at radius 3 is 2.27 bits per heavy atom. The van der Waals surface area contributed by atoms with Crippen LogP contribution in [0, 0.1) is 17.3 Å². The summed E-state index contributed by atoms with van der Waals surface area (Å²) in [5, 5.41) is -3.20. The number of carbonyl (C=O) groups excluding carboxylic acids is 2. The third kappa shape index (κ3) is 3.69. The zero-order valence-corrected chi connectivity index (χ0v) is 18.3. The lowest BCUT2D eigenvalue weighted by molar-refractivity contribution is -0.218. The topological polar surface area (TPSA) is 107 Å². The molecule has 4 fully saturated rings. The van der Waals surface area contributed by atoms with E-state index in [0.717, 1.165) is 17.2 Å². The van der Waals surface area contributed by atoms with Crippen molar-refractivity contribution in [2.24, 2.45) is 17.3 Å². The number of hydrogen-bond donors (Lipinski definition) is 1. The lowest BCUT2D eigenvalue weighted by Gasteiger charge is -2.59. The van der Waals surface area contributed by atoms with Gasteiger partial charge >= 0.3 is 27.3 Å². The fraction of sp³-hybridized carbons (Fsp3) is 0.478. The zero-order chi connectivity index (χ0) is 23.6. The quantitative estimate of drug-likeness (QED) is 0.390. The van der Waals surface area contributed by atoms with Crippen LogP contribution >= 0.6 is 0 Å². The molecule has 6 rings (SSSR count). The molecule has 0 amide bonds. The minimum absolute atomic E-state index is 0.0211. The summed E-state index contributed by atoms with van der Waals surface area (Å²) in [7, 11) is -5.97. The number of carbonyl (C=O) groups is 2. The fourth-order valence-electron chi connectivity index (χ4n) is 6.34. The highest BCUT2D eigenvalue weighted by Gasteiger charge is 2.65. The van der Waals surface area contributed by atoms with Gasteiger partial charge in [-0.1, -0.05) is 30.3 Å². The second kappa shape index (κ2) is 7.20. The number of hydrogen-bond acceptors (Lipinski definition) is 6. The summed E-state index contributed by atoms with van der Waals surface area (Å²) in [5.74, 6) is -2.54. The second-order valence-corrected chi connectivity index (χ2v) is 11.2. The van der Waals surface area contributed by atoms with Gasteiger partial charge in [0.05, 0.1) is 5.41 Å². The SMILES string of the molecule is O=C(Oc1ccc2ccccc2c1)C12CC3CC(CC(OC(=O)C(F)(F)S(=O)(=O)O)(C3)C1)C2. The summed E-state index contributed by atoms with van der Waals surface area (Å²) in [4.78, 5) is 25.4. The minimum Gasteiger partial charge on any atom is -0.454 e. The molecule has 2 aromatic rings. The van der Waals surface area contributed by atoms with Crippen LogP contribution in [0.4, 0.5) is 8.78 Å². The lowest BCUT2D eigenvalue weighted by atomic mass is 9.48. The molecule has 176 valence electrons. The molecular formula is C23H22F2O7S. The molecule has 2 atom stereocenters. The Bertz CT molecular complexity index is 1240. The van der Waals surface area contributed by atoms with Crippen LogP contribution in [0.25, 0.3) is 10.8 Å². The maximum absolute atomic E-state index is 13.9. The van der Waals surface area contributed by atoms with Gasteiger partial charge in [-0.05, 0) is 66.8 Å². The van der Waals surface area contributed by atoms with Crippen LogP contribution in [-0.2, 0) is 24.4 Å². The van der Waals surface area contributed by atoms with Crippen molar-refractivity contribution in [3.05, 3.63) is 42.5 Å². The third-order valence-corrected chi connectivity index (χ3v) is 8.06. The van der Waals surface area contributed by atoms with Crippen molar-refractivity contribution in [1.82, 2.24) is 0 Å². The number of ether oxygens (including phenoxy) is 2. The van der Waals surface area contributed by atoms with E-state index < -0.39 is 38.3 Å². The summed E-state index contributed by atoms with van der Waals surface area (Å²) in [6, 6.07) is 12.8. The number of rotatable bonds is 5. The average molecular weight is 480 g/mol.